The fourth-order valence-corrected chi connectivity index (χ4v) is 3.88. The van der Waals surface area contributed by atoms with Crippen LogP contribution in [0.4, 0.5) is 0 Å². The number of halogens is 1. The second kappa shape index (κ2) is 9.97. The molecule has 0 radical (unpaired) electrons. The predicted molar refractivity (Wildman–Crippen MR) is 123 cm³/mol. The van der Waals surface area contributed by atoms with Crippen molar-refractivity contribution in [2.45, 2.75) is 18.4 Å². The number of carbonyl (C=O) groups excluding carboxylic acids is 3. The number of rotatable bonds is 7. The highest BCUT2D eigenvalue weighted by atomic mass is 35.5. The Morgan fingerprint density at radius 2 is 1.55 bits per heavy atom. The molecule has 0 aliphatic carbocycles. The number of hydrogen-bond acceptors (Lipinski definition) is 6. The van der Waals surface area contributed by atoms with Gasteiger partial charge in [0.25, 0.3) is 11.8 Å². The van der Waals surface area contributed by atoms with E-state index in [4.69, 9.17) is 11.6 Å². The van der Waals surface area contributed by atoms with Crippen LogP contribution in [0.25, 0.3) is 11.0 Å². The second-order valence-electron chi connectivity index (χ2n) is 7.83. The lowest BCUT2D eigenvalue weighted by Gasteiger charge is -2.37. The molecule has 4 rings (SSSR count). The van der Waals surface area contributed by atoms with E-state index in [9.17, 15) is 14.4 Å². The number of carbonyl (C=O) groups is 3. The van der Waals surface area contributed by atoms with Crippen LogP contribution >= 0.6 is 11.6 Å². The average molecular weight is 470 g/mol. The summed E-state index contributed by atoms with van der Waals surface area (Å²) in [4.78, 5) is 38.3. The summed E-state index contributed by atoms with van der Waals surface area (Å²) >= 11 is 5.84. The van der Waals surface area contributed by atoms with Crippen molar-refractivity contribution in [3.63, 3.8) is 0 Å². The lowest BCUT2D eigenvalue weighted by molar-refractivity contribution is -0.128. The Bertz CT molecular complexity index is 1160. The predicted octanol–water partition coefficient (Wildman–Crippen LogP) is 1.01. The van der Waals surface area contributed by atoms with Crippen LogP contribution in [0.1, 0.15) is 33.6 Å². The summed E-state index contributed by atoms with van der Waals surface area (Å²) in [7, 11) is 0. The van der Waals surface area contributed by atoms with Gasteiger partial charge in [0.2, 0.25) is 5.91 Å². The maximum absolute atomic E-state index is 13.1. The zero-order chi connectivity index (χ0) is 23.3. The number of fused-ring (bicyclic) bond motifs is 1. The Labute approximate surface area is 194 Å². The van der Waals surface area contributed by atoms with E-state index < -0.39 is 5.54 Å². The molecule has 1 fully saturated rings. The van der Waals surface area contributed by atoms with Gasteiger partial charge in [0.05, 0.1) is 0 Å². The van der Waals surface area contributed by atoms with E-state index in [1.807, 2.05) is 0 Å². The molecule has 0 unspecified atom stereocenters. The van der Waals surface area contributed by atoms with Crippen LogP contribution in [-0.4, -0.2) is 64.9 Å². The second-order valence-corrected chi connectivity index (χ2v) is 8.27. The Morgan fingerprint density at radius 1 is 0.879 bits per heavy atom. The lowest BCUT2D eigenvalue weighted by Crippen LogP contribution is -2.63. The molecule has 11 heteroatoms. The van der Waals surface area contributed by atoms with Crippen LogP contribution in [0.3, 0.4) is 0 Å². The molecule has 1 aliphatic heterocycles. The summed E-state index contributed by atoms with van der Waals surface area (Å²) in [6.45, 7) is 1.68. The smallest absolute Gasteiger partial charge is 0.252 e. The molecular formula is C22H24ClN7O3. The summed E-state index contributed by atoms with van der Waals surface area (Å²) in [5, 5.41) is 22.8. The minimum atomic E-state index is -1.04. The van der Waals surface area contributed by atoms with Crippen molar-refractivity contribution in [2.24, 2.45) is 0 Å². The topological polar surface area (TPSA) is 141 Å². The van der Waals surface area contributed by atoms with Gasteiger partial charge in [-0.15, -0.1) is 0 Å². The van der Waals surface area contributed by atoms with Gasteiger partial charge in [0.15, 0.2) is 0 Å². The molecule has 3 aromatic rings. The van der Waals surface area contributed by atoms with Gasteiger partial charge in [0.1, 0.15) is 16.6 Å². The average Bonchev–Trinajstić information content (AvgIpc) is 3.30. The van der Waals surface area contributed by atoms with E-state index in [2.05, 4.69) is 36.7 Å². The van der Waals surface area contributed by atoms with Crippen LogP contribution in [0.15, 0.2) is 42.5 Å². The largest absolute Gasteiger partial charge is 0.352 e. The molecule has 0 saturated carbocycles. The number of hydrogen-bond donors (Lipinski definition) is 5. The number of nitrogens with zero attached hydrogens (tertiary/aromatic N) is 2. The molecule has 1 aliphatic rings. The zero-order valence-corrected chi connectivity index (χ0v) is 18.5. The molecule has 2 heterocycles. The first-order valence-corrected chi connectivity index (χ1v) is 11.0. The van der Waals surface area contributed by atoms with Crippen LogP contribution in [0, 0.1) is 0 Å². The van der Waals surface area contributed by atoms with Crippen LogP contribution in [0.2, 0.25) is 5.02 Å². The van der Waals surface area contributed by atoms with E-state index in [0.717, 1.165) is 0 Å². The summed E-state index contributed by atoms with van der Waals surface area (Å²) < 4.78 is 0. The van der Waals surface area contributed by atoms with Gasteiger partial charge in [-0.25, -0.2) is 0 Å². The van der Waals surface area contributed by atoms with Gasteiger partial charge in [-0.05, 0) is 68.4 Å². The van der Waals surface area contributed by atoms with Crippen molar-refractivity contribution in [3.05, 3.63) is 58.6 Å². The van der Waals surface area contributed by atoms with Crippen LogP contribution in [0.5, 0.6) is 0 Å². The molecule has 172 valence electrons. The maximum atomic E-state index is 13.1. The molecular weight excluding hydrogens is 446 g/mol. The number of aromatic amines is 1. The first-order chi connectivity index (χ1) is 16.0. The van der Waals surface area contributed by atoms with Crippen molar-refractivity contribution in [1.82, 2.24) is 36.7 Å². The highest BCUT2D eigenvalue weighted by molar-refractivity contribution is 6.30. The summed E-state index contributed by atoms with van der Waals surface area (Å²) in [6.07, 6.45) is 0.905. The molecule has 0 atom stereocenters. The zero-order valence-electron chi connectivity index (χ0n) is 17.8. The fourth-order valence-electron chi connectivity index (χ4n) is 3.76. The number of H-pyrrole nitrogens is 1. The van der Waals surface area contributed by atoms with Gasteiger partial charge in [-0.1, -0.05) is 11.6 Å². The standard InChI is InChI=1S/C22H24ClN7O3/c23-16-4-1-14(2-5-16)19(31)25-11-12-26-21(33)22(7-9-24-10-8-22)27-20(32)15-3-6-17-18(13-15)29-30-28-17/h1-6,13,24H,7-12H2,(H,25,31)(H,26,33)(H,27,32)(H,28,29,30). The minimum absolute atomic E-state index is 0.230. The number of amides is 3. The van der Waals surface area contributed by atoms with Crippen molar-refractivity contribution in [2.75, 3.05) is 26.2 Å². The maximum Gasteiger partial charge on any atom is 0.252 e. The van der Waals surface area contributed by atoms with Gasteiger partial charge in [-0.2, -0.15) is 15.4 Å². The summed E-state index contributed by atoms with van der Waals surface area (Å²) in [5.41, 5.74) is 1.07. The molecule has 2 aromatic carbocycles. The van der Waals surface area contributed by atoms with Gasteiger partial charge >= 0.3 is 0 Å². The lowest BCUT2D eigenvalue weighted by atomic mass is 9.86. The Morgan fingerprint density at radius 3 is 2.30 bits per heavy atom. The van der Waals surface area contributed by atoms with E-state index in [-0.39, 0.29) is 30.8 Å². The minimum Gasteiger partial charge on any atom is -0.352 e. The molecule has 5 N–H and O–H groups in total. The molecule has 10 nitrogen and oxygen atoms in total. The van der Waals surface area contributed by atoms with E-state index >= 15 is 0 Å². The van der Waals surface area contributed by atoms with Crippen molar-refractivity contribution < 1.29 is 14.4 Å². The number of aromatic nitrogens is 3. The molecule has 0 bridgehead atoms. The Balaban J connectivity index is 1.35. The number of nitrogens with one attached hydrogen (secondary N) is 5. The first kappa shape index (κ1) is 22.7. The fraction of sp³-hybridized carbons (Fsp3) is 0.318. The molecule has 3 amide bonds. The SMILES string of the molecule is O=C(NCCNC(=O)C1(NC(=O)c2ccc3n[nH]nc3c2)CCNCC1)c1ccc(Cl)cc1. The van der Waals surface area contributed by atoms with Gasteiger partial charge in [-0.3, -0.25) is 14.4 Å². The van der Waals surface area contributed by atoms with Crippen molar-refractivity contribution in [3.8, 4) is 0 Å². The van der Waals surface area contributed by atoms with Crippen molar-refractivity contribution >= 4 is 40.4 Å². The summed E-state index contributed by atoms with van der Waals surface area (Å²) in [5.74, 6) is -0.886. The van der Waals surface area contributed by atoms with Crippen molar-refractivity contribution in [1.29, 1.82) is 0 Å². The molecule has 1 saturated heterocycles. The molecule has 0 spiro atoms. The van der Waals surface area contributed by atoms with Crippen LogP contribution < -0.4 is 21.3 Å². The van der Waals surface area contributed by atoms with Gasteiger partial charge in [0, 0.05) is 29.2 Å². The number of piperidine rings is 1. The monoisotopic (exact) mass is 469 g/mol. The third-order valence-electron chi connectivity index (χ3n) is 5.63. The quantitative estimate of drug-likeness (QED) is 0.327. The van der Waals surface area contributed by atoms with E-state index in [0.29, 0.717) is 53.1 Å². The third-order valence-corrected chi connectivity index (χ3v) is 5.88. The first-order valence-electron chi connectivity index (χ1n) is 10.6. The van der Waals surface area contributed by atoms with E-state index in [1.165, 1.54) is 0 Å². The highest BCUT2D eigenvalue weighted by Crippen LogP contribution is 2.20. The van der Waals surface area contributed by atoms with Gasteiger partial charge < -0.3 is 21.3 Å². The Hall–Kier alpha value is -3.50. The third kappa shape index (κ3) is 5.29. The Kier molecular flexibility index (Phi) is 6.85. The highest BCUT2D eigenvalue weighted by Gasteiger charge is 2.41. The molecule has 33 heavy (non-hydrogen) atoms. The normalized spacial score (nSPS) is 15.1. The number of benzene rings is 2. The summed E-state index contributed by atoms with van der Waals surface area (Å²) in [6, 6.07) is 11.5. The van der Waals surface area contributed by atoms with Crippen LogP contribution in [-0.2, 0) is 4.79 Å². The molecule has 1 aromatic heterocycles. The van der Waals surface area contributed by atoms with E-state index in [1.54, 1.807) is 42.5 Å².